The highest BCUT2D eigenvalue weighted by Gasteiger charge is 2.15. The Labute approximate surface area is 131 Å². The van der Waals surface area contributed by atoms with Gasteiger partial charge in [-0.1, -0.05) is 29.8 Å². The Balaban J connectivity index is 1.92. The van der Waals surface area contributed by atoms with Gasteiger partial charge in [-0.3, -0.25) is 4.79 Å². The van der Waals surface area contributed by atoms with Crippen LogP contribution in [0.25, 0.3) is 11.1 Å². The van der Waals surface area contributed by atoms with Gasteiger partial charge >= 0.3 is 0 Å². The molecule has 0 N–H and O–H groups in total. The highest BCUT2D eigenvalue weighted by atomic mass is 16.5. The molecule has 22 heavy (non-hydrogen) atoms. The lowest BCUT2D eigenvalue weighted by Crippen LogP contribution is -2.22. The summed E-state index contributed by atoms with van der Waals surface area (Å²) in [7, 11) is 0. The van der Waals surface area contributed by atoms with Gasteiger partial charge in [-0.05, 0) is 38.2 Å². The molecule has 2 aromatic rings. The van der Waals surface area contributed by atoms with Crippen molar-refractivity contribution in [2.75, 3.05) is 13.2 Å². The molecular formula is C19H23NO2. The van der Waals surface area contributed by atoms with Crippen molar-refractivity contribution in [1.29, 1.82) is 0 Å². The van der Waals surface area contributed by atoms with E-state index in [1.165, 1.54) is 5.56 Å². The van der Waals surface area contributed by atoms with E-state index in [2.05, 4.69) is 23.6 Å². The summed E-state index contributed by atoms with van der Waals surface area (Å²) in [6.45, 7) is 6.64. The predicted molar refractivity (Wildman–Crippen MR) is 89.2 cm³/mol. The van der Waals surface area contributed by atoms with Gasteiger partial charge in [0.25, 0.3) is 0 Å². The fourth-order valence-corrected chi connectivity index (χ4v) is 3.05. The Morgan fingerprint density at radius 2 is 1.77 bits per heavy atom. The van der Waals surface area contributed by atoms with Crippen LogP contribution < -0.4 is 5.43 Å². The van der Waals surface area contributed by atoms with Crippen LogP contribution in [0.1, 0.15) is 24.0 Å². The molecule has 0 saturated carbocycles. The van der Waals surface area contributed by atoms with Crippen LogP contribution in [0.4, 0.5) is 0 Å². The first kappa shape index (κ1) is 15.0. The Kier molecular flexibility index (Phi) is 4.44. The molecule has 1 fully saturated rings. The molecule has 1 aliphatic heterocycles. The van der Waals surface area contributed by atoms with Crippen molar-refractivity contribution in [3.63, 3.8) is 0 Å². The summed E-state index contributed by atoms with van der Waals surface area (Å²) in [6, 6.07) is 8.18. The summed E-state index contributed by atoms with van der Waals surface area (Å²) < 4.78 is 7.61. The molecule has 0 amide bonds. The van der Waals surface area contributed by atoms with Crippen molar-refractivity contribution in [1.82, 2.24) is 4.57 Å². The van der Waals surface area contributed by atoms with Crippen molar-refractivity contribution in [2.45, 2.75) is 33.2 Å². The Hall–Kier alpha value is -1.87. The van der Waals surface area contributed by atoms with Gasteiger partial charge in [-0.15, -0.1) is 0 Å². The van der Waals surface area contributed by atoms with Gasteiger partial charge in [0.15, 0.2) is 5.43 Å². The van der Waals surface area contributed by atoms with Gasteiger partial charge in [-0.25, -0.2) is 0 Å². The molecule has 0 spiro atoms. The van der Waals surface area contributed by atoms with E-state index in [4.69, 9.17) is 4.74 Å². The largest absolute Gasteiger partial charge is 0.381 e. The van der Waals surface area contributed by atoms with Crippen molar-refractivity contribution in [3.05, 3.63) is 58.0 Å². The highest BCUT2D eigenvalue weighted by Crippen LogP contribution is 2.20. The van der Waals surface area contributed by atoms with E-state index in [-0.39, 0.29) is 5.43 Å². The number of aromatic nitrogens is 1. The first-order chi connectivity index (χ1) is 10.6. The average Bonchev–Trinajstić information content (AvgIpc) is 2.53. The van der Waals surface area contributed by atoms with Crippen LogP contribution >= 0.6 is 0 Å². The third kappa shape index (κ3) is 3.30. The summed E-state index contributed by atoms with van der Waals surface area (Å²) >= 11 is 0. The van der Waals surface area contributed by atoms with E-state index in [1.54, 1.807) is 0 Å². The molecule has 1 aliphatic rings. The van der Waals surface area contributed by atoms with Crippen molar-refractivity contribution >= 4 is 0 Å². The fourth-order valence-electron chi connectivity index (χ4n) is 3.05. The quantitative estimate of drug-likeness (QED) is 0.867. The van der Waals surface area contributed by atoms with Gasteiger partial charge in [0, 0.05) is 43.3 Å². The number of pyridine rings is 1. The highest BCUT2D eigenvalue weighted by molar-refractivity contribution is 5.63. The lowest BCUT2D eigenvalue weighted by Gasteiger charge is -2.23. The fraction of sp³-hybridized carbons (Fsp3) is 0.421. The van der Waals surface area contributed by atoms with Gasteiger partial charge in [0.1, 0.15) is 0 Å². The standard InChI is InChI=1S/C19H23NO2/c1-14-3-5-17(6-4-14)18-13-20(11-15(2)19(18)21)12-16-7-9-22-10-8-16/h3-6,11,13,16H,7-10,12H2,1-2H3. The number of aryl methyl sites for hydroxylation is 2. The number of hydrogen-bond acceptors (Lipinski definition) is 2. The summed E-state index contributed by atoms with van der Waals surface area (Å²) in [5.74, 6) is 0.640. The second-order valence-electron chi connectivity index (χ2n) is 6.30. The molecule has 3 rings (SSSR count). The summed E-state index contributed by atoms with van der Waals surface area (Å²) in [5, 5.41) is 0. The van der Waals surface area contributed by atoms with Crippen LogP contribution in [0.2, 0.25) is 0 Å². The second-order valence-corrected chi connectivity index (χ2v) is 6.30. The number of ether oxygens (including phenoxy) is 1. The molecule has 0 bridgehead atoms. The molecule has 116 valence electrons. The molecule has 3 heteroatoms. The van der Waals surface area contributed by atoms with Crippen LogP contribution in [-0.2, 0) is 11.3 Å². The number of nitrogens with zero attached hydrogens (tertiary/aromatic N) is 1. The molecule has 3 nitrogen and oxygen atoms in total. The van der Waals surface area contributed by atoms with E-state index in [0.29, 0.717) is 5.92 Å². The van der Waals surface area contributed by atoms with E-state index < -0.39 is 0 Å². The van der Waals surface area contributed by atoms with Gasteiger partial charge in [0.05, 0.1) is 0 Å². The molecule has 1 saturated heterocycles. The molecule has 2 heterocycles. The molecule has 0 aliphatic carbocycles. The maximum Gasteiger partial charge on any atom is 0.192 e. The van der Waals surface area contributed by atoms with Crippen molar-refractivity contribution in [2.24, 2.45) is 5.92 Å². The lowest BCUT2D eigenvalue weighted by atomic mass is 9.99. The molecule has 0 radical (unpaired) electrons. The molecule has 1 aromatic carbocycles. The first-order valence-corrected chi connectivity index (χ1v) is 7.99. The Morgan fingerprint density at radius 1 is 1.09 bits per heavy atom. The summed E-state index contributed by atoms with van der Waals surface area (Å²) in [6.07, 6.45) is 6.20. The predicted octanol–water partition coefficient (Wildman–Crippen LogP) is 3.56. The average molecular weight is 297 g/mol. The van der Waals surface area contributed by atoms with Crippen LogP contribution in [-0.4, -0.2) is 17.8 Å². The SMILES string of the molecule is Cc1ccc(-c2cn(CC3CCOCC3)cc(C)c2=O)cc1. The molecule has 1 aromatic heterocycles. The zero-order valence-electron chi connectivity index (χ0n) is 13.3. The monoisotopic (exact) mass is 297 g/mol. The minimum Gasteiger partial charge on any atom is -0.381 e. The smallest absolute Gasteiger partial charge is 0.192 e. The van der Waals surface area contributed by atoms with E-state index in [9.17, 15) is 4.79 Å². The third-order valence-electron chi connectivity index (χ3n) is 4.43. The van der Waals surface area contributed by atoms with Crippen molar-refractivity contribution in [3.8, 4) is 11.1 Å². The van der Waals surface area contributed by atoms with Crippen molar-refractivity contribution < 1.29 is 4.74 Å². The number of benzene rings is 1. The Bertz CT molecular complexity index is 694. The zero-order chi connectivity index (χ0) is 15.5. The molecular weight excluding hydrogens is 274 g/mol. The van der Waals surface area contributed by atoms with Gasteiger partial charge < -0.3 is 9.30 Å². The minimum atomic E-state index is 0.132. The van der Waals surface area contributed by atoms with E-state index >= 15 is 0 Å². The van der Waals surface area contributed by atoms with Crippen LogP contribution in [0.15, 0.2) is 41.5 Å². The molecule has 0 unspecified atom stereocenters. The topological polar surface area (TPSA) is 31.2 Å². The summed E-state index contributed by atoms with van der Waals surface area (Å²) in [5.41, 5.74) is 3.95. The lowest BCUT2D eigenvalue weighted by molar-refractivity contribution is 0.0612. The maximum atomic E-state index is 12.5. The third-order valence-corrected chi connectivity index (χ3v) is 4.43. The van der Waals surface area contributed by atoms with Crippen LogP contribution in [0.5, 0.6) is 0 Å². The van der Waals surface area contributed by atoms with Crippen LogP contribution in [0, 0.1) is 19.8 Å². The molecule has 0 atom stereocenters. The maximum absolute atomic E-state index is 12.5. The van der Waals surface area contributed by atoms with E-state index in [1.807, 2.05) is 31.5 Å². The van der Waals surface area contributed by atoms with Gasteiger partial charge in [0.2, 0.25) is 0 Å². The number of hydrogen-bond donors (Lipinski definition) is 0. The summed E-state index contributed by atoms with van der Waals surface area (Å²) in [4.78, 5) is 12.5. The van der Waals surface area contributed by atoms with E-state index in [0.717, 1.165) is 49.3 Å². The minimum absolute atomic E-state index is 0.132. The normalized spacial score (nSPS) is 15.9. The first-order valence-electron chi connectivity index (χ1n) is 7.99. The van der Waals surface area contributed by atoms with Gasteiger partial charge in [-0.2, -0.15) is 0 Å². The second kappa shape index (κ2) is 6.49. The zero-order valence-corrected chi connectivity index (χ0v) is 13.3. The van der Waals surface area contributed by atoms with Crippen LogP contribution in [0.3, 0.4) is 0 Å². The Morgan fingerprint density at radius 3 is 2.45 bits per heavy atom. The number of rotatable bonds is 3.